The van der Waals surface area contributed by atoms with Crippen molar-refractivity contribution >= 4 is 16.9 Å². The van der Waals surface area contributed by atoms with Gasteiger partial charge in [0.15, 0.2) is 0 Å². The zero-order valence-electron chi connectivity index (χ0n) is 11.9. The topological polar surface area (TPSA) is 20.2 Å². The molecule has 0 saturated heterocycles. The number of halogens is 1. The maximum absolute atomic E-state index is 13.0. The first-order valence-electron chi connectivity index (χ1n) is 7.04. The number of thiophene rings is 1. The minimum atomic E-state index is -0.0362. The van der Waals surface area contributed by atoms with Gasteiger partial charge in [0.1, 0.15) is 11.6 Å². The van der Waals surface area contributed by atoms with E-state index in [1.165, 1.54) is 20.9 Å². The van der Waals surface area contributed by atoms with Crippen LogP contribution >= 0.6 is 11.3 Å². The van der Waals surface area contributed by atoms with Crippen molar-refractivity contribution in [2.45, 2.75) is 26.2 Å². The van der Waals surface area contributed by atoms with Crippen molar-refractivity contribution < 1.29 is 9.50 Å². The Morgan fingerprint density at radius 2 is 2.00 bits per heavy atom. The van der Waals surface area contributed by atoms with E-state index in [2.05, 4.69) is 19.1 Å². The Bertz CT molecular complexity index is 725. The lowest BCUT2D eigenvalue weighted by Crippen LogP contribution is -1.89. The van der Waals surface area contributed by atoms with Crippen LogP contribution in [0.2, 0.25) is 0 Å². The summed E-state index contributed by atoms with van der Waals surface area (Å²) in [7, 11) is 0. The minimum Gasteiger partial charge on any atom is -0.508 e. The molecule has 0 bridgehead atoms. The van der Waals surface area contributed by atoms with Crippen molar-refractivity contribution in [1.82, 2.24) is 0 Å². The molecule has 0 spiro atoms. The van der Waals surface area contributed by atoms with Crippen LogP contribution in [0, 0.1) is 6.92 Å². The molecule has 1 aromatic carbocycles. The standard InChI is InChI=1S/C18H17FOS/c1-12-2-7-16(20)10-14(12)11-17-8-9-18(21-17)13-3-5-15(19)6-4-13/h2-3,5,7-10,20H,4,6,11H2,1H3. The summed E-state index contributed by atoms with van der Waals surface area (Å²) in [6, 6.07) is 9.72. The fourth-order valence-electron chi connectivity index (χ4n) is 2.50. The van der Waals surface area contributed by atoms with Crippen molar-refractivity contribution in [3.05, 3.63) is 69.2 Å². The third-order valence-corrected chi connectivity index (χ3v) is 4.93. The highest BCUT2D eigenvalue weighted by molar-refractivity contribution is 7.13. The van der Waals surface area contributed by atoms with Gasteiger partial charge in [0.2, 0.25) is 0 Å². The van der Waals surface area contributed by atoms with Gasteiger partial charge in [0.05, 0.1) is 0 Å². The fraction of sp³-hybridized carbons (Fsp3) is 0.222. The van der Waals surface area contributed by atoms with Gasteiger partial charge in [-0.2, -0.15) is 0 Å². The molecule has 0 radical (unpaired) electrons. The molecule has 0 unspecified atom stereocenters. The maximum atomic E-state index is 13.0. The van der Waals surface area contributed by atoms with Crippen molar-refractivity contribution in [3.8, 4) is 5.75 Å². The van der Waals surface area contributed by atoms with Gasteiger partial charge < -0.3 is 5.11 Å². The first-order chi connectivity index (χ1) is 10.1. The largest absolute Gasteiger partial charge is 0.508 e. The molecule has 21 heavy (non-hydrogen) atoms. The van der Waals surface area contributed by atoms with Crippen LogP contribution in [-0.4, -0.2) is 5.11 Å². The number of aromatic hydroxyl groups is 1. The summed E-state index contributed by atoms with van der Waals surface area (Å²) < 4.78 is 13.0. The number of phenolic OH excluding ortho intramolecular Hbond substituents is 1. The first kappa shape index (κ1) is 14.1. The molecule has 1 nitrogen and oxygen atoms in total. The summed E-state index contributed by atoms with van der Waals surface area (Å²) in [5.74, 6) is 0.272. The highest BCUT2D eigenvalue weighted by Crippen LogP contribution is 2.33. The zero-order valence-corrected chi connectivity index (χ0v) is 12.7. The number of hydrogen-bond acceptors (Lipinski definition) is 2. The lowest BCUT2D eigenvalue weighted by Gasteiger charge is -2.08. The average Bonchev–Trinajstić information content (AvgIpc) is 2.92. The van der Waals surface area contributed by atoms with Crippen LogP contribution < -0.4 is 0 Å². The van der Waals surface area contributed by atoms with Gasteiger partial charge in [-0.25, -0.2) is 4.39 Å². The van der Waals surface area contributed by atoms with E-state index in [4.69, 9.17) is 0 Å². The molecule has 2 aromatic rings. The number of allylic oxidation sites excluding steroid dienone is 4. The SMILES string of the molecule is Cc1ccc(O)cc1Cc1ccc(C2=CC=C(F)CC2)s1. The fourth-order valence-corrected chi connectivity index (χ4v) is 3.58. The Morgan fingerprint density at radius 1 is 1.14 bits per heavy atom. The van der Waals surface area contributed by atoms with Crippen molar-refractivity contribution in [1.29, 1.82) is 0 Å². The predicted molar refractivity (Wildman–Crippen MR) is 86.4 cm³/mol. The number of hydrogen-bond donors (Lipinski definition) is 1. The van der Waals surface area contributed by atoms with Crippen molar-refractivity contribution in [3.63, 3.8) is 0 Å². The lowest BCUT2D eigenvalue weighted by atomic mass is 10.0. The molecule has 0 amide bonds. The van der Waals surface area contributed by atoms with E-state index in [-0.39, 0.29) is 5.83 Å². The molecular formula is C18H17FOS. The van der Waals surface area contributed by atoms with Crippen LogP contribution in [0.4, 0.5) is 4.39 Å². The van der Waals surface area contributed by atoms with Gasteiger partial charge in [0, 0.05) is 22.6 Å². The Labute approximate surface area is 128 Å². The first-order valence-corrected chi connectivity index (χ1v) is 7.86. The van der Waals surface area contributed by atoms with E-state index in [9.17, 15) is 9.50 Å². The van der Waals surface area contributed by atoms with Crippen LogP contribution in [-0.2, 0) is 6.42 Å². The van der Waals surface area contributed by atoms with E-state index in [0.29, 0.717) is 12.2 Å². The number of rotatable bonds is 3. The molecule has 1 aliphatic rings. The quantitative estimate of drug-likeness (QED) is 0.806. The molecule has 1 aliphatic carbocycles. The zero-order chi connectivity index (χ0) is 14.8. The Balaban J connectivity index is 1.81. The number of aryl methyl sites for hydroxylation is 1. The Morgan fingerprint density at radius 3 is 2.76 bits per heavy atom. The van der Waals surface area contributed by atoms with E-state index < -0.39 is 0 Å². The number of phenols is 1. The smallest absolute Gasteiger partial charge is 0.115 e. The van der Waals surface area contributed by atoms with E-state index in [1.807, 2.05) is 18.2 Å². The summed E-state index contributed by atoms with van der Waals surface area (Å²) in [6.45, 7) is 2.06. The van der Waals surface area contributed by atoms with Gasteiger partial charge in [0.25, 0.3) is 0 Å². The third-order valence-electron chi connectivity index (χ3n) is 3.77. The monoisotopic (exact) mass is 300 g/mol. The van der Waals surface area contributed by atoms with Crippen LogP contribution in [0.1, 0.15) is 33.7 Å². The molecular weight excluding hydrogens is 283 g/mol. The molecule has 1 heterocycles. The van der Waals surface area contributed by atoms with Crippen LogP contribution in [0.25, 0.3) is 5.57 Å². The summed E-state index contributed by atoms with van der Waals surface area (Å²) in [4.78, 5) is 2.47. The van der Waals surface area contributed by atoms with Gasteiger partial charge in [-0.1, -0.05) is 12.1 Å². The lowest BCUT2D eigenvalue weighted by molar-refractivity contribution is 0.474. The molecule has 0 saturated carbocycles. The summed E-state index contributed by atoms with van der Waals surface area (Å²) in [6.07, 6.45) is 5.55. The maximum Gasteiger partial charge on any atom is 0.115 e. The number of benzene rings is 1. The van der Waals surface area contributed by atoms with Crippen LogP contribution in [0.5, 0.6) is 5.75 Å². The summed E-state index contributed by atoms with van der Waals surface area (Å²) in [5, 5.41) is 9.60. The molecule has 0 atom stereocenters. The second kappa shape index (κ2) is 5.86. The van der Waals surface area contributed by atoms with Gasteiger partial charge in [-0.3, -0.25) is 0 Å². The molecule has 3 rings (SSSR count). The van der Waals surface area contributed by atoms with E-state index in [0.717, 1.165) is 18.4 Å². The molecule has 0 fully saturated rings. The summed E-state index contributed by atoms with van der Waals surface area (Å²) >= 11 is 1.75. The van der Waals surface area contributed by atoms with Crippen LogP contribution in [0.15, 0.2) is 48.3 Å². The Kier molecular flexibility index (Phi) is 3.93. The van der Waals surface area contributed by atoms with Crippen molar-refractivity contribution in [2.24, 2.45) is 0 Å². The normalized spacial score (nSPS) is 14.8. The minimum absolute atomic E-state index is 0.0362. The van der Waals surface area contributed by atoms with E-state index >= 15 is 0 Å². The van der Waals surface area contributed by atoms with E-state index in [1.54, 1.807) is 23.5 Å². The van der Waals surface area contributed by atoms with Gasteiger partial charge in [-0.05, 0) is 60.4 Å². The third kappa shape index (κ3) is 3.24. The summed E-state index contributed by atoms with van der Waals surface area (Å²) in [5.41, 5.74) is 3.54. The highest BCUT2D eigenvalue weighted by atomic mass is 32.1. The molecule has 108 valence electrons. The van der Waals surface area contributed by atoms with Crippen LogP contribution in [0.3, 0.4) is 0 Å². The second-order valence-corrected chi connectivity index (χ2v) is 6.53. The Hall–Kier alpha value is -1.87. The molecule has 3 heteroatoms. The second-order valence-electron chi connectivity index (χ2n) is 5.36. The van der Waals surface area contributed by atoms with Gasteiger partial charge in [-0.15, -0.1) is 11.3 Å². The van der Waals surface area contributed by atoms with Gasteiger partial charge >= 0.3 is 0 Å². The highest BCUT2D eigenvalue weighted by Gasteiger charge is 2.11. The molecule has 0 aliphatic heterocycles. The molecule has 1 aromatic heterocycles. The van der Waals surface area contributed by atoms with Crippen molar-refractivity contribution in [2.75, 3.05) is 0 Å². The average molecular weight is 300 g/mol. The predicted octanol–water partition coefficient (Wildman–Crippen LogP) is 5.38. The molecule has 1 N–H and O–H groups in total.